The highest BCUT2D eigenvalue weighted by Gasteiger charge is 2.50. The molecule has 2 aliphatic heterocycles. The first-order valence-corrected chi connectivity index (χ1v) is 8.72. The Morgan fingerprint density at radius 2 is 2.21 bits per heavy atom. The third-order valence-electron chi connectivity index (χ3n) is 5.46. The van der Waals surface area contributed by atoms with Gasteiger partial charge in [-0.15, -0.1) is 0 Å². The van der Waals surface area contributed by atoms with Crippen molar-refractivity contribution in [3.8, 4) is 0 Å². The average Bonchev–Trinajstić information content (AvgIpc) is 2.82. The zero-order valence-electron chi connectivity index (χ0n) is 12.4. The molecule has 2 heterocycles. The van der Waals surface area contributed by atoms with Gasteiger partial charge >= 0.3 is 0 Å². The number of hydrogen-bond acceptors (Lipinski definition) is 4. The summed E-state index contributed by atoms with van der Waals surface area (Å²) in [6, 6.07) is 1.24. The molecule has 4 atom stereocenters. The lowest BCUT2D eigenvalue weighted by Crippen LogP contribution is -2.64. The molecule has 4 heteroatoms. The molecule has 0 aromatic rings. The van der Waals surface area contributed by atoms with Gasteiger partial charge in [0, 0.05) is 37.0 Å². The zero-order chi connectivity index (χ0) is 13.5. The summed E-state index contributed by atoms with van der Waals surface area (Å²) in [5.74, 6) is 2.47. The molecule has 2 saturated heterocycles. The molecule has 1 saturated carbocycles. The Hall–Kier alpha value is 0.230. The maximum Gasteiger partial charge on any atom is 0.0795 e. The minimum atomic E-state index is 0.190. The maximum atomic E-state index is 6.10. The second-order valence-corrected chi connectivity index (χ2v) is 8.13. The molecule has 110 valence electrons. The van der Waals surface area contributed by atoms with Crippen molar-refractivity contribution in [1.82, 2.24) is 5.32 Å². The Kier molecular flexibility index (Phi) is 3.89. The fourth-order valence-electron chi connectivity index (χ4n) is 3.89. The van der Waals surface area contributed by atoms with Crippen LogP contribution in [0.1, 0.15) is 39.5 Å². The van der Waals surface area contributed by atoms with E-state index in [9.17, 15) is 0 Å². The first kappa shape index (κ1) is 14.2. The second-order valence-electron chi connectivity index (χ2n) is 7.02. The molecule has 3 aliphatic rings. The van der Waals surface area contributed by atoms with E-state index in [1.165, 1.54) is 24.3 Å². The second kappa shape index (κ2) is 5.21. The van der Waals surface area contributed by atoms with Gasteiger partial charge in [0.1, 0.15) is 0 Å². The predicted octanol–water partition coefficient (Wildman–Crippen LogP) is 2.44. The van der Waals surface area contributed by atoms with E-state index in [2.05, 4.69) is 30.9 Å². The Morgan fingerprint density at radius 3 is 2.84 bits per heavy atom. The molecule has 3 fully saturated rings. The predicted molar refractivity (Wildman–Crippen MR) is 79.8 cm³/mol. The van der Waals surface area contributed by atoms with Crippen LogP contribution in [0.3, 0.4) is 0 Å². The van der Waals surface area contributed by atoms with E-state index in [4.69, 9.17) is 9.47 Å². The molecule has 1 aliphatic carbocycles. The van der Waals surface area contributed by atoms with E-state index in [1.54, 1.807) is 0 Å². The molecule has 1 spiro atoms. The summed E-state index contributed by atoms with van der Waals surface area (Å²) in [5.41, 5.74) is 0.458. The van der Waals surface area contributed by atoms with Crippen molar-refractivity contribution < 1.29 is 9.47 Å². The number of methoxy groups -OCH3 is 1. The van der Waals surface area contributed by atoms with Gasteiger partial charge < -0.3 is 14.8 Å². The van der Waals surface area contributed by atoms with Gasteiger partial charge in [0.25, 0.3) is 0 Å². The summed E-state index contributed by atoms with van der Waals surface area (Å²) >= 11 is 2.05. The van der Waals surface area contributed by atoms with Gasteiger partial charge in [-0.1, -0.05) is 13.8 Å². The highest BCUT2D eigenvalue weighted by atomic mass is 32.2. The van der Waals surface area contributed by atoms with Crippen molar-refractivity contribution in [2.75, 3.05) is 25.2 Å². The van der Waals surface area contributed by atoms with Gasteiger partial charge in [-0.05, 0) is 31.4 Å². The van der Waals surface area contributed by atoms with E-state index in [0.29, 0.717) is 18.2 Å². The van der Waals surface area contributed by atoms with Gasteiger partial charge in [-0.3, -0.25) is 0 Å². The van der Waals surface area contributed by atoms with Crippen LogP contribution in [0.15, 0.2) is 0 Å². The summed E-state index contributed by atoms with van der Waals surface area (Å²) in [5, 5.41) is 3.89. The van der Waals surface area contributed by atoms with Crippen LogP contribution >= 0.6 is 11.8 Å². The lowest BCUT2D eigenvalue weighted by molar-refractivity contribution is -0.114. The van der Waals surface area contributed by atoms with Crippen LogP contribution < -0.4 is 5.32 Å². The highest BCUT2D eigenvalue weighted by Crippen LogP contribution is 2.44. The van der Waals surface area contributed by atoms with Crippen LogP contribution in [0.4, 0.5) is 0 Å². The molecule has 19 heavy (non-hydrogen) atoms. The fourth-order valence-corrected chi connectivity index (χ4v) is 5.26. The largest absolute Gasteiger partial charge is 0.381 e. The Bertz CT molecular complexity index is 328. The minimum absolute atomic E-state index is 0.190. The minimum Gasteiger partial charge on any atom is -0.381 e. The highest BCUT2D eigenvalue weighted by molar-refractivity contribution is 7.99. The van der Waals surface area contributed by atoms with E-state index in [0.717, 1.165) is 19.4 Å². The van der Waals surface area contributed by atoms with E-state index < -0.39 is 0 Å². The number of nitrogens with one attached hydrogen (secondary N) is 1. The summed E-state index contributed by atoms with van der Waals surface area (Å²) in [4.78, 5) is 0. The number of ether oxygens (including phenoxy) is 2. The quantitative estimate of drug-likeness (QED) is 0.863. The van der Waals surface area contributed by atoms with Crippen LogP contribution in [0.2, 0.25) is 0 Å². The first-order chi connectivity index (χ1) is 9.06. The molecular formula is C15H27NO2S. The van der Waals surface area contributed by atoms with E-state index in [-0.39, 0.29) is 11.0 Å². The molecule has 3 rings (SSSR count). The topological polar surface area (TPSA) is 30.5 Å². The van der Waals surface area contributed by atoms with Crippen molar-refractivity contribution in [2.24, 2.45) is 5.41 Å². The number of hydrogen-bond donors (Lipinski definition) is 1. The molecule has 0 amide bonds. The molecule has 0 bridgehead atoms. The third-order valence-corrected chi connectivity index (χ3v) is 6.68. The first-order valence-electron chi connectivity index (χ1n) is 7.56. The molecule has 0 aromatic heterocycles. The molecule has 3 nitrogen and oxygen atoms in total. The van der Waals surface area contributed by atoms with E-state index >= 15 is 0 Å². The summed E-state index contributed by atoms with van der Waals surface area (Å²) < 4.78 is 11.6. The average molecular weight is 285 g/mol. The van der Waals surface area contributed by atoms with E-state index in [1.807, 2.05) is 7.11 Å². The van der Waals surface area contributed by atoms with Gasteiger partial charge in [0.15, 0.2) is 0 Å². The van der Waals surface area contributed by atoms with Crippen LogP contribution in [0.25, 0.3) is 0 Å². The van der Waals surface area contributed by atoms with Gasteiger partial charge in [0.05, 0.1) is 11.7 Å². The molecular weight excluding hydrogens is 258 g/mol. The Labute approximate surface area is 121 Å². The molecule has 4 unspecified atom stereocenters. The Balaban J connectivity index is 1.56. The summed E-state index contributed by atoms with van der Waals surface area (Å²) in [6.45, 7) is 5.57. The van der Waals surface area contributed by atoms with Gasteiger partial charge in [-0.25, -0.2) is 0 Å². The molecule has 0 aromatic carbocycles. The monoisotopic (exact) mass is 285 g/mol. The van der Waals surface area contributed by atoms with Gasteiger partial charge in [-0.2, -0.15) is 11.8 Å². The lowest BCUT2D eigenvalue weighted by Gasteiger charge is -2.53. The SMILES string of the molecule is COC1CC(NC2CCOC3(CCSC3)C2)C1(C)C. The van der Waals surface area contributed by atoms with Crippen LogP contribution in [-0.2, 0) is 9.47 Å². The van der Waals surface area contributed by atoms with Crippen molar-refractivity contribution in [3.63, 3.8) is 0 Å². The fraction of sp³-hybridized carbons (Fsp3) is 1.00. The number of rotatable bonds is 3. The smallest absolute Gasteiger partial charge is 0.0795 e. The van der Waals surface area contributed by atoms with Crippen LogP contribution in [-0.4, -0.2) is 49.0 Å². The molecule has 0 radical (unpaired) electrons. The normalized spacial score (nSPS) is 45.3. The number of thioether (sulfide) groups is 1. The molecule has 1 N–H and O–H groups in total. The van der Waals surface area contributed by atoms with Gasteiger partial charge in [0.2, 0.25) is 0 Å². The van der Waals surface area contributed by atoms with Crippen LogP contribution in [0, 0.1) is 5.41 Å². The van der Waals surface area contributed by atoms with Crippen molar-refractivity contribution in [2.45, 2.75) is 63.3 Å². The summed E-state index contributed by atoms with van der Waals surface area (Å²) in [6.07, 6.45) is 5.18. The third kappa shape index (κ3) is 2.57. The van der Waals surface area contributed by atoms with Crippen molar-refractivity contribution >= 4 is 11.8 Å². The van der Waals surface area contributed by atoms with Crippen molar-refractivity contribution in [1.29, 1.82) is 0 Å². The summed E-state index contributed by atoms with van der Waals surface area (Å²) in [7, 11) is 1.84. The maximum absolute atomic E-state index is 6.10. The standard InChI is InChI=1S/C15H27NO2S/c1-14(2)12(8-13(14)17-3)16-11-4-6-18-15(9-11)5-7-19-10-15/h11-13,16H,4-10H2,1-3H3. The van der Waals surface area contributed by atoms with Crippen LogP contribution in [0.5, 0.6) is 0 Å². The zero-order valence-corrected chi connectivity index (χ0v) is 13.2. The van der Waals surface area contributed by atoms with Crippen molar-refractivity contribution in [3.05, 3.63) is 0 Å². The lowest BCUT2D eigenvalue weighted by atomic mass is 9.64. The Morgan fingerprint density at radius 1 is 1.37 bits per heavy atom.